The van der Waals surface area contributed by atoms with E-state index >= 15 is 0 Å². The number of fused-ring (bicyclic) bond motifs is 1. The number of hydrogen-bond donors (Lipinski definition) is 2. The summed E-state index contributed by atoms with van der Waals surface area (Å²) in [4.78, 5) is 39.3. The molecule has 2 amide bonds. The molecular weight excluding hydrogens is 362 g/mol. The van der Waals surface area contributed by atoms with Crippen LogP contribution in [0.4, 0.5) is 5.69 Å². The topological polar surface area (TPSA) is 119 Å². The van der Waals surface area contributed by atoms with E-state index < -0.39 is 16.7 Å². The fraction of sp³-hybridized carbons (Fsp3) is 0.211. The van der Waals surface area contributed by atoms with Crippen LogP contribution >= 0.6 is 0 Å². The van der Waals surface area contributed by atoms with Crippen LogP contribution in [0.2, 0.25) is 0 Å². The number of hydrazine groups is 1. The van der Waals surface area contributed by atoms with Crippen molar-refractivity contribution in [1.29, 1.82) is 0 Å². The molecule has 2 N–H and O–H groups in total. The van der Waals surface area contributed by atoms with Crippen molar-refractivity contribution in [2.75, 3.05) is 0 Å². The molecule has 0 saturated heterocycles. The number of amides is 2. The quantitative estimate of drug-likeness (QED) is 0.532. The molecule has 0 unspecified atom stereocenters. The number of carbonyl (C=O) groups is 2. The van der Waals surface area contributed by atoms with Gasteiger partial charge in [0.15, 0.2) is 0 Å². The fourth-order valence-electron chi connectivity index (χ4n) is 3.05. The van der Waals surface area contributed by atoms with Crippen LogP contribution < -0.4 is 10.9 Å². The van der Waals surface area contributed by atoms with Crippen molar-refractivity contribution in [2.24, 2.45) is 0 Å². The first-order valence-corrected chi connectivity index (χ1v) is 8.64. The molecule has 3 rings (SSSR count). The second-order valence-electron chi connectivity index (χ2n) is 6.27. The highest BCUT2D eigenvalue weighted by Gasteiger charge is 2.15. The van der Waals surface area contributed by atoms with Crippen LogP contribution in [0.5, 0.6) is 0 Å². The molecule has 0 aliphatic carbocycles. The van der Waals surface area contributed by atoms with Crippen molar-refractivity contribution in [3.8, 4) is 0 Å². The molecule has 9 heteroatoms. The van der Waals surface area contributed by atoms with Gasteiger partial charge in [-0.25, -0.2) is 4.98 Å². The van der Waals surface area contributed by atoms with Gasteiger partial charge in [-0.05, 0) is 51.1 Å². The molecule has 144 valence electrons. The third kappa shape index (κ3) is 3.54. The summed E-state index contributed by atoms with van der Waals surface area (Å²) in [6.45, 7) is 6.23. The maximum absolute atomic E-state index is 12.3. The second kappa shape index (κ2) is 7.47. The van der Waals surface area contributed by atoms with Crippen molar-refractivity contribution in [2.45, 2.75) is 27.3 Å². The van der Waals surface area contributed by atoms with E-state index in [0.717, 1.165) is 17.9 Å². The van der Waals surface area contributed by atoms with Crippen molar-refractivity contribution in [1.82, 2.24) is 20.4 Å². The highest BCUT2D eigenvalue weighted by atomic mass is 16.6. The van der Waals surface area contributed by atoms with Gasteiger partial charge in [-0.15, -0.1) is 0 Å². The van der Waals surface area contributed by atoms with Gasteiger partial charge in [0.05, 0.1) is 16.0 Å². The summed E-state index contributed by atoms with van der Waals surface area (Å²) >= 11 is 0. The first-order valence-electron chi connectivity index (χ1n) is 8.64. The van der Waals surface area contributed by atoms with E-state index in [2.05, 4.69) is 15.8 Å². The molecule has 0 bridgehead atoms. The average molecular weight is 381 g/mol. The van der Waals surface area contributed by atoms with Crippen LogP contribution in [0.1, 0.15) is 39.0 Å². The number of nitro groups is 1. The second-order valence-corrected chi connectivity index (χ2v) is 6.27. The molecule has 0 saturated carbocycles. The van der Waals surface area contributed by atoms with Gasteiger partial charge in [-0.1, -0.05) is 0 Å². The number of hydrogen-bond acceptors (Lipinski definition) is 5. The Balaban J connectivity index is 1.71. The van der Waals surface area contributed by atoms with E-state index in [-0.39, 0.29) is 11.3 Å². The van der Waals surface area contributed by atoms with Crippen molar-refractivity contribution >= 4 is 28.5 Å². The maximum atomic E-state index is 12.3. The Labute approximate surface area is 160 Å². The van der Waals surface area contributed by atoms with Gasteiger partial charge in [0.25, 0.3) is 17.5 Å². The lowest BCUT2D eigenvalue weighted by Gasteiger charge is -2.08. The molecule has 0 aliphatic heterocycles. The number of rotatable bonds is 4. The third-order valence-electron chi connectivity index (χ3n) is 4.46. The smallest absolute Gasteiger partial charge is 0.272 e. The number of imidazole rings is 1. The lowest BCUT2D eigenvalue weighted by Crippen LogP contribution is -2.41. The molecule has 0 fully saturated rings. The lowest BCUT2D eigenvalue weighted by atomic mass is 10.1. The molecule has 0 atom stereocenters. The summed E-state index contributed by atoms with van der Waals surface area (Å²) in [6, 6.07) is 9.12. The number of aromatic nitrogens is 2. The average Bonchev–Trinajstić information content (AvgIpc) is 2.99. The van der Waals surface area contributed by atoms with Gasteiger partial charge >= 0.3 is 0 Å². The molecule has 0 radical (unpaired) electrons. The Kier molecular flexibility index (Phi) is 5.08. The molecule has 1 aromatic heterocycles. The minimum absolute atomic E-state index is 0.0734. The Morgan fingerprint density at radius 2 is 1.68 bits per heavy atom. The number of carbonyl (C=O) groups excluding carboxylic acids is 2. The number of nitro benzene ring substituents is 1. The molecule has 1 heterocycles. The number of nitrogens with one attached hydrogen (secondary N) is 2. The molecule has 9 nitrogen and oxygen atoms in total. The normalized spacial score (nSPS) is 10.7. The van der Waals surface area contributed by atoms with E-state index in [0.29, 0.717) is 16.6 Å². The van der Waals surface area contributed by atoms with Crippen LogP contribution in [0, 0.1) is 24.0 Å². The summed E-state index contributed by atoms with van der Waals surface area (Å²) in [7, 11) is 0. The Morgan fingerprint density at radius 3 is 2.25 bits per heavy atom. The molecular formula is C19H19N5O4. The summed E-state index contributed by atoms with van der Waals surface area (Å²) in [6.07, 6.45) is 0. The molecule has 28 heavy (non-hydrogen) atoms. The predicted molar refractivity (Wildman–Crippen MR) is 103 cm³/mol. The van der Waals surface area contributed by atoms with Crippen LogP contribution in [-0.2, 0) is 6.54 Å². The summed E-state index contributed by atoms with van der Waals surface area (Å²) in [5.74, 6) is -0.201. The summed E-state index contributed by atoms with van der Waals surface area (Å²) in [5, 5.41) is 10.9. The number of aryl methyl sites for hydroxylation is 3. The SMILES string of the molecule is CCn1c(C)nc2cc(C(=O)NNC(=O)c3ccc([N+](=O)[O-])c(C)c3)ccc21. The van der Waals surface area contributed by atoms with E-state index in [4.69, 9.17) is 0 Å². The maximum Gasteiger partial charge on any atom is 0.272 e. The van der Waals surface area contributed by atoms with E-state index in [1.807, 2.05) is 24.5 Å². The molecule has 0 spiro atoms. The first-order chi connectivity index (χ1) is 13.3. The van der Waals surface area contributed by atoms with Crippen molar-refractivity contribution in [3.05, 3.63) is 69.0 Å². The van der Waals surface area contributed by atoms with E-state index in [9.17, 15) is 19.7 Å². The van der Waals surface area contributed by atoms with Gasteiger partial charge in [-0.2, -0.15) is 0 Å². The zero-order valence-electron chi connectivity index (χ0n) is 15.6. The lowest BCUT2D eigenvalue weighted by molar-refractivity contribution is -0.385. The fourth-order valence-corrected chi connectivity index (χ4v) is 3.05. The Morgan fingerprint density at radius 1 is 1.07 bits per heavy atom. The van der Waals surface area contributed by atoms with Crippen molar-refractivity contribution in [3.63, 3.8) is 0 Å². The molecule has 0 aliphatic rings. The van der Waals surface area contributed by atoms with Crippen LogP contribution in [-0.4, -0.2) is 26.3 Å². The number of benzene rings is 2. The first kappa shape index (κ1) is 19.0. The summed E-state index contributed by atoms with van der Waals surface area (Å²) < 4.78 is 2.04. The molecule has 2 aromatic carbocycles. The highest BCUT2D eigenvalue weighted by molar-refractivity contribution is 6.00. The van der Waals surface area contributed by atoms with Crippen LogP contribution in [0.25, 0.3) is 11.0 Å². The van der Waals surface area contributed by atoms with Gasteiger partial charge in [0.2, 0.25) is 0 Å². The Bertz CT molecular complexity index is 1100. The highest BCUT2D eigenvalue weighted by Crippen LogP contribution is 2.19. The van der Waals surface area contributed by atoms with Gasteiger partial charge in [-0.3, -0.25) is 30.6 Å². The number of nitrogens with zero attached hydrogens (tertiary/aromatic N) is 3. The standard InChI is InChI=1S/C19H19N5O4/c1-4-23-12(3)20-15-10-14(6-8-17(15)23)19(26)22-21-18(25)13-5-7-16(24(27)28)11(2)9-13/h5-10H,4H2,1-3H3,(H,21,25)(H,22,26). The van der Waals surface area contributed by atoms with Crippen LogP contribution in [0.3, 0.4) is 0 Å². The third-order valence-corrected chi connectivity index (χ3v) is 4.46. The largest absolute Gasteiger partial charge is 0.329 e. The van der Waals surface area contributed by atoms with Crippen molar-refractivity contribution < 1.29 is 14.5 Å². The van der Waals surface area contributed by atoms with E-state index in [1.54, 1.807) is 19.1 Å². The van der Waals surface area contributed by atoms with E-state index in [1.165, 1.54) is 18.2 Å². The van der Waals surface area contributed by atoms with Gasteiger partial charge in [0.1, 0.15) is 5.82 Å². The monoisotopic (exact) mass is 381 g/mol. The minimum Gasteiger partial charge on any atom is -0.329 e. The molecule has 3 aromatic rings. The zero-order valence-corrected chi connectivity index (χ0v) is 15.6. The zero-order chi connectivity index (χ0) is 20.4. The summed E-state index contributed by atoms with van der Waals surface area (Å²) in [5.41, 5.74) is 7.14. The minimum atomic E-state index is -0.571. The predicted octanol–water partition coefficient (Wildman–Crippen LogP) is 2.66. The van der Waals surface area contributed by atoms with Gasteiger partial charge in [0, 0.05) is 29.3 Å². The van der Waals surface area contributed by atoms with Crippen LogP contribution in [0.15, 0.2) is 36.4 Å². The Hall–Kier alpha value is -3.75. The van der Waals surface area contributed by atoms with Gasteiger partial charge < -0.3 is 4.57 Å².